The first-order valence-corrected chi connectivity index (χ1v) is 9.74. The zero-order chi connectivity index (χ0) is 19.5. The maximum absolute atomic E-state index is 11.9. The van der Waals surface area contributed by atoms with Crippen molar-refractivity contribution < 1.29 is 14.3 Å². The van der Waals surface area contributed by atoms with Crippen LogP contribution in [0.1, 0.15) is 48.4 Å². The highest BCUT2D eigenvalue weighted by molar-refractivity contribution is 5.98. The summed E-state index contributed by atoms with van der Waals surface area (Å²) >= 11 is 0. The fourth-order valence-electron chi connectivity index (χ4n) is 5.69. The molecule has 6 rings (SSSR count). The number of primary amides is 1. The average Bonchev–Trinajstić information content (AvgIpc) is 3.01. The summed E-state index contributed by atoms with van der Waals surface area (Å²) in [5.74, 6) is 1.82. The second-order valence-electron chi connectivity index (χ2n) is 8.60. The van der Waals surface area contributed by atoms with Crippen LogP contribution < -0.4 is 16.4 Å². The van der Waals surface area contributed by atoms with Crippen LogP contribution in [0.5, 0.6) is 0 Å². The average molecular weight is 384 g/mol. The van der Waals surface area contributed by atoms with Crippen LogP contribution >= 0.6 is 0 Å². The molecular formula is C19H24N6O3. The lowest BCUT2D eigenvalue weighted by atomic mass is 9.52. The van der Waals surface area contributed by atoms with Gasteiger partial charge in [-0.05, 0) is 49.9 Å². The third-order valence-corrected chi connectivity index (χ3v) is 6.49. The highest BCUT2D eigenvalue weighted by Gasteiger charge is 2.54. The molecular weight excluding hydrogens is 360 g/mol. The van der Waals surface area contributed by atoms with Crippen LogP contribution in [-0.4, -0.2) is 37.8 Å². The lowest BCUT2D eigenvalue weighted by Crippen LogP contribution is -2.59. The predicted molar refractivity (Wildman–Crippen MR) is 101 cm³/mol. The Balaban J connectivity index is 1.42. The standard InChI is InChI=1S/C19H24N6O3/c1-9-24-25-18(28-9)23-15-4-14(13(8-21-15)17(20)26)22-16-11-2-10-3-12(16)7-19(27,5-10)6-11/h4,8,10-12,16,27H,2-3,5-7H2,1H3,(H2,20,26)(H2,21,22,23,25)/t10?,11-,12+,16?,19?. The molecule has 2 aromatic rings. The normalized spacial score (nSPS) is 33.1. The number of hydrogen-bond donors (Lipinski definition) is 4. The van der Waals surface area contributed by atoms with Gasteiger partial charge in [-0.15, -0.1) is 5.10 Å². The van der Waals surface area contributed by atoms with E-state index in [2.05, 4.69) is 25.8 Å². The van der Waals surface area contributed by atoms with E-state index in [-0.39, 0.29) is 12.1 Å². The van der Waals surface area contributed by atoms with Crippen molar-refractivity contribution in [3.63, 3.8) is 0 Å². The molecule has 9 heteroatoms. The molecule has 4 saturated carbocycles. The van der Waals surface area contributed by atoms with Crippen LogP contribution in [0.25, 0.3) is 0 Å². The molecule has 148 valence electrons. The quantitative estimate of drug-likeness (QED) is 0.613. The summed E-state index contributed by atoms with van der Waals surface area (Å²) in [6, 6.07) is 2.20. The first-order chi connectivity index (χ1) is 13.4. The molecule has 0 aromatic carbocycles. The van der Waals surface area contributed by atoms with E-state index in [9.17, 15) is 9.90 Å². The van der Waals surface area contributed by atoms with Gasteiger partial charge in [-0.1, -0.05) is 5.10 Å². The minimum atomic E-state index is -0.530. The molecule has 4 aliphatic rings. The monoisotopic (exact) mass is 384 g/mol. The maximum atomic E-state index is 11.9. The Hall–Kier alpha value is -2.68. The molecule has 4 fully saturated rings. The van der Waals surface area contributed by atoms with Crippen molar-refractivity contribution in [1.29, 1.82) is 0 Å². The van der Waals surface area contributed by atoms with Gasteiger partial charge in [0.25, 0.3) is 5.91 Å². The number of carbonyl (C=O) groups excluding carboxylic acids is 1. The number of nitrogens with two attached hydrogens (primary N) is 1. The van der Waals surface area contributed by atoms with Gasteiger partial charge in [0.15, 0.2) is 0 Å². The number of nitrogens with one attached hydrogen (secondary N) is 2. The topological polar surface area (TPSA) is 139 Å². The smallest absolute Gasteiger partial charge is 0.321 e. The number of nitrogens with zero attached hydrogens (tertiary/aromatic N) is 3. The lowest BCUT2D eigenvalue weighted by Gasteiger charge is -2.58. The molecule has 9 nitrogen and oxygen atoms in total. The van der Waals surface area contributed by atoms with E-state index < -0.39 is 11.5 Å². The molecule has 28 heavy (non-hydrogen) atoms. The predicted octanol–water partition coefficient (Wildman–Crippen LogP) is 1.97. The van der Waals surface area contributed by atoms with Crippen molar-refractivity contribution in [3.8, 4) is 0 Å². The van der Waals surface area contributed by atoms with E-state index in [0.717, 1.165) is 32.1 Å². The second kappa shape index (κ2) is 6.16. The fourth-order valence-corrected chi connectivity index (χ4v) is 5.69. The molecule has 4 aliphatic carbocycles. The fraction of sp³-hybridized carbons (Fsp3) is 0.579. The number of hydrogen-bond acceptors (Lipinski definition) is 8. The Kier molecular flexibility index (Phi) is 3.84. The van der Waals surface area contributed by atoms with E-state index in [4.69, 9.17) is 10.2 Å². The van der Waals surface area contributed by atoms with Gasteiger partial charge in [0.2, 0.25) is 5.89 Å². The van der Waals surface area contributed by atoms with Crippen LogP contribution in [0, 0.1) is 24.7 Å². The maximum Gasteiger partial charge on any atom is 0.321 e. The zero-order valence-electron chi connectivity index (χ0n) is 15.7. The molecule has 0 saturated heterocycles. The molecule has 3 unspecified atom stereocenters. The number of pyridine rings is 1. The summed E-state index contributed by atoms with van der Waals surface area (Å²) in [5, 5.41) is 25.0. The van der Waals surface area contributed by atoms with Crippen LogP contribution in [0.15, 0.2) is 16.7 Å². The lowest BCUT2D eigenvalue weighted by molar-refractivity contribution is -0.129. The molecule has 5 N–H and O–H groups in total. The Morgan fingerprint density at radius 3 is 2.64 bits per heavy atom. The van der Waals surface area contributed by atoms with Crippen molar-refractivity contribution >= 4 is 23.4 Å². The second-order valence-corrected chi connectivity index (χ2v) is 8.60. The Morgan fingerprint density at radius 1 is 1.29 bits per heavy atom. The van der Waals surface area contributed by atoms with E-state index in [1.54, 1.807) is 13.0 Å². The number of rotatable bonds is 5. The zero-order valence-corrected chi connectivity index (χ0v) is 15.7. The number of aryl methyl sites for hydroxylation is 1. The summed E-state index contributed by atoms with van der Waals surface area (Å²) < 4.78 is 5.33. The summed E-state index contributed by atoms with van der Waals surface area (Å²) in [5.41, 5.74) is 6.06. The van der Waals surface area contributed by atoms with E-state index >= 15 is 0 Å². The number of amides is 1. The molecule has 2 aromatic heterocycles. The largest absolute Gasteiger partial charge is 0.408 e. The Bertz CT molecular complexity index is 912. The third kappa shape index (κ3) is 2.99. The van der Waals surface area contributed by atoms with Gasteiger partial charge < -0.3 is 20.6 Å². The first-order valence-electron chi connectivity index (χ1n) is 9.74. The summed E-state index contributed by atoms with van der Waals surface area (Å²) in [4.78, 5) is 16.2. The van der Waals surface area contributed by atoms with E-state index in [0.29, 0.717) is 40.7 Å². The van der Waals surface area contributed by atoms with E-state index in [1.807, 2.05) is 0 Å². The van der Waals surface area contributed by atoms with Crippen molar-refractivity contribution in [1.82, 2.24) is 15.2 Å². The minimum absolute atomic E-state index is 0.218. The molecule has 4 bridgehead atoms. The van der Waals surface area contributed by atoms with Crippen LogP contribution in [0.2, 0.25) is 0 Å². The summed E-state index contributed by atoms with van der Waals surface area (Å²) in [7, 11) is 0. The van der Waals surface area contributed by atoms with Gasteiger partial charge in [0.05, 0.1) is 16.9 Å². The molecule has 0 spiro atoms. The number of carbonyl (C=O) groups is 1. The van der Waals surface area contributed by atoms with Crippen LogP contribution in [0.3, 0.4) is 0 Å². The highest BCUT2D eigenvalue weighted by Crippen LogP contribution is 2.56. The van der Waals surface area contributed by atoms with Gasteiger partial charge in [0.1, 0.15) is 5.82 Å². The van der Waals surface area contributed by atoms with Crippen molar-refractivity contribution in [2.24, 2.45) is 23.5 Å². The minimum Gasteiger partial charge on any atom is -0.408 e. The van der Waals surface area contributed by atoms with Crippen molar-refractivity contribution in [3.05, 3.63) is 23.7 Å². The number of anilines is 3. The van der Waals surface area contributed by atoms with Gasteiger partial charge in [-0.25, -0.2) is 4.98 Å². The molecule has 0 radical (unpaired) electrons. The van der Waals surface area contributed by atoms with Crippen LogP contribution in [-0.2, 0) is 0 Å². The molecule has 5 atom stereocenters. The summed E-state index contributed by atoms with van der Waals surface area (Å²) in [6.07, 6.45) is 6.29. The van der Waals surface area contributed by atoms with Gasteiger partial charge in [-0.3, -0.25) is 10.1 Å². The first kappa shape index (κ1) is 17.4. The Morgan fingerprint density at radius 2 is 2.04 bits per heavy atom. The molecule has 2 heterocycles. The molecule has 1 amide bonds. The van der Waals surface area contributed by atoms with Gasteiger partial charge >= 0.3 is 6.01 Å². The molecule has 0 aliphatic heterocycles. The van der Waals surface area contributed by atoms with Crippen molar-refractivity contribution in [2.75, 3.05) is 10.6 Å². The third-order valence-electron chi connectivity index (χ3n) is 6.49. The van der Waals surface area contributed by atoms with Crippen molar-refractivity contribution in [2.45, 2.75) is 50.7 Å². The summed E-state index contributed by atoms with van der Waals surface area (Å²) in [6.45, 7) is 1.70. The Labute approximate surface area is 162 Å². The highest BCUT2D eigenvalue weighted by atomic mass is 16.4. The number of aliphatic hydroxyl groups is 1. The SMILES string of the molecule is Cc1nnc(Nc2cc(NC3[C@@H]4CC5C[C@H]3CC(O)(C5)C4)c(C(N)=O)cn2)o1. The number of aromatic nitrogens is 3. The van der Waals surface area contributed by atoms with Crippen LogP contribution in [0.4, 0.5) is 17.5 Å². The van der Waals surface area contributed by atoms with E-state index in [1.165, 1.54) is 6.20 Å². The van der Waals surface area contributed by atoms with Gasteiger partial charge in [0, 0.05) is 25.2 Å². The van der Waals surface area contributed by atoms with Gasteiger partial charge in [-0.2, -0.15) is 0 Å².